The molecule has 1 amide bonds. The Labute approximate surface area is 171 Å². The van der Waals surface area contributed by atoms with Gasteiger partial charge >= 0.3 is 0 Å². The van der Waals surface area contributed by atoms with E-state index in [0.717, 1.165) is 21.8 Å². The lowest BCUT2D eigenvalue weighted by Crippen LogP contribution is -2.14. The van der Waals surface area contributed by atoms with Crippen molar-refractivity contribution in [2.24, 2.45) is 0 Å². The molecule has 0 unspecified atom stereocenters. The molecular weight excluding hydrogens is 392 g/mol. The smallest absolute Gasteiger partial charge is 0.267 e. The number of aromatic nitrogens is 3. The van der Waals surface area contributed by atoms with Crippen molar-refractivity contribution in [3.05, 3.63) is 88.1 Å². The first-order valence-corrected chi connectivity index (χ1v) is 9.89. The molecule has 140 valence electrons. The van der Waals surface area contributed by atoms with Crippen molar-refractivity contribution in [2.75, 3.05) is 5.32 Å². The van der Waals surface area contributed by atoms with Gasteiger partial charge in [0.25, 0.3) is 5.91 Å². The standard InChI is InChI=1S/C21H17ClN4OS/c1-14-19(28-21(24-14)15-7-9-17(22)10-8-15)20(27)25-18-6-3-2-5-16(18)13-26-12-4-11-23-26/h2-12H,13H2,1H3,(H,25,27). The van der Waals surface area contributed by atoms with Gasteiger partial charge in [-0.15, -0.1) is 11.3 Å². The monoisotopic (exact) mass is 408 g/mol. The number of carbonyl (C=O) groups is 1. The van der Waals surface area contributed by atoms with Crippen LogP contribution in [0.25, 0.3) is 10.6 Å². The van der Waals surface area contributed by atoms with Gasteiger partial charge in [-0.3, -0.25) is 9.48 Å². The van der Waals surface area contributed by atoms with Crippen molar-refractivity contribution in [3.63, 3.8) is 0 Å². The van der Waals surface area contributed by atoms with Crippen molar-refractivity contribution in [3.8, 4) is 10.6 Å². The van der Waals surface area contributed by atoms with E-state index in [1.165, 1.54) is 11.3 Å². The van der Waals surface area contributed by atoms with Crippen LogP contribution >= 0.6 is 22.9 Å². The van der Waals surface area contributed by atoms with Crippen LogP contribution < -0.4 is 5.32 Å². The zero-order chi connectivity index (χ0) is 19.5. The molecule has 2 heterocycles. The summed E-state index contributed by atoms with van der Waals surface area (Å²) in [6.45, 7) is 2.43. The van der Waals surface area contributed by atoms with Crippen molar-refractivity contribution >= 4 is 34.5 Å². The average Bonchev–Trinajstić information content (AvgIpc) is 3.33. The van der Waals surface area contributed by atoms with Gasteiger partial charge in [0.2, 0.25) is 0 Å². The van der Waals surface area contributed by atoms with Gasteiger partial charge in [0, 0.05) is 28.7 Å². The fourth-order valence-corrected chi connectivity index (χ4v) is 3.94. The van der Waals surface area contributed by atoms with E-state index in [0.29, 0.717) is 22.1 Å². The molecule has 0 aliphatic heterocycles. The number of carbonyl (C=O) groups excluding carboxylic acids is 1. The number of para-hydroxylation sites is 1. The van der Waals surface area contributed by atoms with E-state index in [9.17, 15) is 4.79 Å². The first kappa shape index (κ1) is 18.4. The summed E-state index contributed by atoms with van der Waals surface area (Å²) in [4.78, 5) is 18.1. The lowest BCUT2D eigenvalue weighted by atomic mass is 10.1. The van der Waals surface area contributed by atoms with Crippen LogP contribution in [0.5, 0.6) is 0 Å². The van der Waals surface area contributed by atoms with Gasteiger partial charge < -0.3 is 5.32 Å². The van der Waals surface area contributed by atoms with E-state index in [2.05, 4.69) is 15.4 Å². The number of rotatable bonds is 5. The number of aryl methyl sites for hydroxylation is 1. The number of thiazole rings is 1. The lowest BCUT2D eigenvalue weighted by Gasteiger charge is -2.10. The third kappa shape index (κ3) is 3.98. The van der Waals surface area contributed by atoms with Gasteiger partial charge in [0.1, 0.15) is 9.88 Å². The highest BCUT2D eigenvalue weighted by atomic mass is 35.5. The number of amides is 1. The highest BCUT2D eigenvalue weighted by Crippen LogP contribution is 2.29. The van der Waals surface area contributed by atoms with Crippen LogP contribution in [-0.4, -0.2) is 20.7 Å². The predicted molar refractivity (Wildman–Crippen MR) is 113 cm³/mol. The number of nitrogens with zero attached hydrogens (tertiary/aromatic N) is 3. The molecule has 0 saturated carbocycles. The molecule has 28 heavy (non-hydrogen) atoms. The highest BCUT2D eigenvalue weighted by molar-refractivity contribution is 7.17. The molecular formula is C21H17ClN4OS. The van der Waals surface area contributed by atoms with E-state index in [1.54, 1.807) is 6.20 Å². The van der Waals surface area contributed by atoms with Crippen molar-refractivity contribution in [2.45, 2.75) is 13.5 Å². The third-order valence-electron chi connectivity index (χ3n) is 4.25. The number of benzene rings is 2. The molecule has 0 spiro atoms. The maximum atomic E-state index is 12.9. The average molecular weight is 409 g/mol. The number of halogens is 1. The Morgan fingerprint density at radius 3 is 2.68 bits per heavy atom. The lowest BCUT2D eigenvalue weighted by molar-refractivity contribution is 0.102. The number of hydrogen-bond acceptors (Lipinski definition) is 4. The fourth-order valence-electron chi connectivity index (χ4n) is 2.85. The number of nitrogens with one attached hydrogen (secondary N) is 1. The summed E-state index contributed by atoms with van der Waals surface area (Å²) in [5.74, 6) is -0.164. The molecule has 5 nitrogen and oxygen atoms in total. The maximum absolute atomic E-state index is 12.9. The fraction of sp³-hybridized carbons (Fsp3) is 0.0952. The first-order chi connectivity index (χ1) is 13.6. The van der Waals surface area contributed by atoms with Gasteiger partial charge in [0.15, 0.2) is 0 Å². The summed E-state index contributed by atoms with van der Waals surface area (Å²) >= 11 is 7.33. The SMILES string of the molecule is Cc1nc(-c2ccc(Cl)cc2)sc1C(=O)Nc1ccccc1Cn1cccn1. The molecule has 0 bridgehead atoms. The highest BCUT2D eigenvalue weighted by Gasteiger charge is 2.17. The quantitative estimate of drug-likeness (QED) is 0.489. The van der Waals surface area contributed by atoms with E-state index in [4.69, 9.17) is 11.6 Å². The molecule has 0 saturated heterocycles. The molecule has 0 radical (unpaired) electrons. The molecule has 0 aliphatic carbocycles. The summed E-state index contributed by atoms with van der Waals surface area (Å²) in [6, 6.07) is 17.1. The van der Waals surface area contributed by atoms with E-state index in [-0.39, 0.29) is 5.91 Å². The van der Waals surface area contributed by atoms with E-state index < -0.39 is 0 Å². The molecule has 0 aliphatic rings. The van der Waals surface area contributed by atoms with Gasteiger partial charge in [0.05, 0.1) is 12.2 Å². The molecule has 1 N–H and O–H groups in total. The molecule has 4 aromatic rings. The summed E-state index contributed by atoms with van der Waals surface area (Å²) < 4.78 is 1.82. The van der Waals surface area contributed by atoms with Gasteiger partial charge in [-0.05, 0) is 36.8 Å². The van der Waals surface area contributed by atoms with Crippen LogP contribution in [0.15, 0.2) is 67.0 Å². The largest absolute Gasteiger partial charge is 0.321 e. The van der Waals surface area contributed by atoms with E-state index >= 15 is 0 Å². The topological polar surface area (TPSA) is 59.8 Å². The van der Waals surface area contributed by atoms with Crippen molar-refractivity contribution in [1.82, 2.24) is 14.8 Å². The minimum absolute atomic E-state index is 0.164. The zero-order valence-corrected chi connectivity index (χ0v) is 16.7. The van der Waals surface area contributed by atoms with E-state index in [1.807, 2.05) is 72.4 Å². The Hall–Kier alpha value is -2.96. The molecule has 4 rings (SSSR count). The number of anilines is 1. The van der Waals surface area contributed by atoms with Crippen LogP contribution in [0.4, 0.5) is 5.69 Å². The number of hydrogen-bond donors (Lipinski definition) is 1. The van der Waals surface area contributed by atoms with Gasteiger partial charge in [-0.1, -0.05) is 41.9 Å². The molecule has 0 fully saturated rings. The Kier molecular flexibility index (Phi) is 5.23. The second-order valence-corrected chi connectivity index (χ2v) is 7.69. The molecule has 7 heteroatoms. The van der Waals surface area contributed by atoms with Crippen LogP contribution in [0.1, 0.15) is 20.9 Å². The second kappa shape index (κ2) is 7.96. The summed E-state index contributed by atoms with van der Waals surface area (Å²) in [7, 11) is 0. The molecule has 2 aromatic heterocycles. The zero-order valence-electron chi connectivity index (χ0n) is 15.1. The molecule has 0 atom stereocenters. The predicted octanol–water partition coefficient (Wildman–Crippen LogP) is 5.27. The van der Waals surface area contributed by atoms with Crippen LogP contribution in [0.2, 0.25) is 5.02 Å². The maximum Gasteiger partial charge on any atom is 0.267 e. The van der Waals surface area contributed by atoms with Gasteiger partial charge in [-0.25, -0.2) is 4.98 Å². The van der Waals surface area contributed by atoms with Gasteiger partial charge in [-0.2, -0.15) is 5.10 Å². The Morgan fingerprint density at radius 2 is 1.93 bits per heavy atom. The Morgan fingerprint density at radius 1 is 1.14 bits per heavy atom. The molecule has 2 aromatic carbocycles. The second-order valence-electron chi connectivity index (χ2n) is 6.26. The van der Waals surface area contributed by atoms with Crippen molar-refractivity contribution in [1.29, 1.82) is 0 Å². The third-order valence-corrected chi connectivity index (χ3v) is 5.71. The van der Waals surface area contributed by atoms with Crippen LogP contribution in [0, 0.1) is 6.92 Å². The van der Waals surface area contributed by atoms with Crippen LogP contribution in [0.3, 0.4) is 0 Å². The first-order valence-electron chi connectivity index (χ1n) is 8.70. The van der Waals surface area contributed by atoms with Crippen LogP contribution in [-0.2, 0) is 6.54 Å². The summed E-state index contributed by atoms with van der Waals surface area (Å²) in [5, 5.41) is 8.72. The normalized spacial score (nSPS) is 10.8. The summed E-state index contributed by atoms with van der Waals surface area (Å²) in [6.07, 6.45) is 3.63. The summed E-state index contributed by atoms with van der Waals surface area (Å²) in [5.41, 5.74) is 3.40. The minimum Gasteiger partial charge on any atom is -0.321 e. The Bertz CT molecular complexity index is 1100. The Balaban J connectivity index is 1.57. The van der Waals surface area contributed by atoms with Crippen molar-refractivity contribution < 1.29 is 4.79 Å². The minimum atomic E-state index is -0.164.